The van der Waals surface area contributed by atoms with E-state index >= 15 is 0 Å². The van der Waals surface area contributed by atoms with Gasteiger partial charge in [-0.15, -0.1) is 0 Å². The van der Waals surface area contributed by atoms with E-state index in [4.69, 9.17) is 4.74 Å². The van der Waals surface area contributed by atoms with Crippen LogP contribution in [0.25, 0.3) is 0 Å². The average molecular weight is 275 g/mol. The molecule has 1 aromatic heterocycles. The smallest absolute Gasteiger partial charge is 0.258 e. The van der Waals surface area contributed by atoms with Gasteiger partial charge >= 0.3 is 0 Å². The Labute approximate surface area is 115 Å². The van der Waals surface area contributed by atoms with Gasteiger partial charge in [-0.2, -0.15) is 4.98 Å². The number of anilines is 1. The first-order chi connectivity index (χ1) is 9.49. The van der Waals surface area contributed by atoms with Crippen LogP contribution in [-0.4, -0.2) is 23.0 Å². The summed E-state index contributed by atoms with van der Waals surface area (Å²) in [5, 5.41) is 2.57. The van der Waals surface area contributed by atoms with E-state index in [1.165, 1.54) is 25.3 Å². The van der Waals surface area contributed by atoms with Gasteiger partial charge in [-0.25, -0.2) is 9.37 Å². The van der Waals surface area contributed by atoms with Crippen LogP contribution in [0.3, 0.4) is 0 Å². The number of hydrogen-bond donors (Lipinski definition) is 1. The zero-order valence-corrected chi connectivity index (χ0v) is 11.4. The van der Waals surface area contributed by atoms with Crippen LogP contribution in [0, 0.1) is 19.7 Å². The Morgan fingerprint density at radius 1 is 1.25 bits per heavy atom. The minimum Gasteiger partial charge on any atom is -0.481 e. The fourth-order valence-corrected chi connectivity index (χ4v) is 1.75. The number of benzene rings is 1. The molecule has 0 unspecified atom stereocenters. The molecule has 20 heavy (non-hydrogen) atoms. The summed E-state index contributed by atoms with van der Waals surface area (Å²) < 4.78 is 18.0. The molecule has 2 rings (SSSR count). The van der Waals surface area contributed by atoms with Gasteiger partial charge in [-0.1, -0.05) is 0 Å². The quantitative estimate of drug-likeness (QED) is 0.934. The summed E-state index contributed by atoms with van der Waals surface area (Å²) >= 11 is 0. The van der Waals surface area contributed by atoms with Gasteiger partial charge in [0.05, 0.1) is 7.11 Å². The van der Waals surface area contributed by atoms with E-state index in [0.29, 0.717) is 22.7 Å². The van der Waals surface area contributed by atoms with Crippen LogP contribution < -0.4 is 10.1 Å². The van der Waals surface area contributed by atoms with Gasteiger partial charge in [0.2, 0.25) is 11.8 Å². The summed E-state index contributed by atoms with van der Waals surface area (Å²) in [5.41, 5.74) is 1.58. The largest absolute Gasteiger partial charge is 0.481 e. The normalized spacial score (nSPS) is 10.2. The lowest BCUT2D eigenvalue weighted by atomic mass is 10.1. The highest BCUT2D eigenvalue weighted by Crippen LogP contribution is 2.14. The fraction of sp³-hybridized carbons (Fsp3) is 0.214. The van der Waals surface area contributed by atoms with Gasteiger partial charge in [0.25, 0.3) is 5.91 Å². The Hall–Kier alpha value is -2.50. The summed E-state index contributed by atoms with van der Waals surface area (Å²) in [6.07, 6.45) is 0. The predicted molar refractivity (Wildman–Crippen MR) is 72.4 cm³/mol. The van der Waals surface area contributed by atoms with Gasteiger partial charge in [0.1, 0.15) is 5.82 Å². The number of halogens is 1. The number of aromatic nitrogens is 2. The Balaban J connectivity index is 2.25. The molecule has 0 aliphatic rings. The van der Waals surface area contributed by atoms with Crippen molar-refractivity contribution >= 4 is 11.9 Å². The van der Waals surface area contributed by atoms with Crippen molar-refractivity contribution in [3.63, 3.8) is 0 Å². The molecule has 0 aliphatic heterocycles. The molecule has 104 valence electrons. The maximum absolute atomic E-state index is 13.0. The Morgan fingerprint density at radius 3 is 2.65 bits per heavy atom. The highest BCUT2D eigenvalue weighted by atomic mass is 19.1. The SMILES string of the molecule is COc1cc(C)nc(NC(=O)c2ccc(F)cc2C)n1. The molecule has 1 amide bonds. The topological polar surface area (TPSA) is 64.1 Å². The minimum atomic E-state index is -0.393. The third-order valence-corrected chi connectivity index (χ3v) is 2.70. The summed E-state index contributed by atoms with van der Waals surface area (Å²) in [5.74, 6) is -0.262. The van der Waals surface area contributed by atoms with E-state index in [1.807, 2.05) is 0 Å². The molecular weight excluding hydrogens is 261 g/mol. The van der Waals surface area contributed by atoms with Crippen molar-refractivity contribution in [1.82, 2.24) is 9.97 Å². The third kappa shape index (κ3) is 3.09. The van der Waals surface area contributed by atoms with Gasteiger partial charge in [-0.05, 0) is 37.6 Å². The summed E-state index contributed by atoms with van der Waals surface area (Å²) in [4.78, 5) is 20.2. The van der Waals surface area contributed by atoms with Crippen LogP contribution in [-0.2, 0) is 0 Å². The molecule has 1 heterocycles. The van der Waals surface area contributed by atoms with E-state index in [2.05, 4.69) is 15.3 Å². The van der Waals surface area contributed by atoms with Gasteiger partial charge in [0.15, 0.2) is 0 Å². The van der Waals surface area contributed by atoms with Crippen molar-refractivity contribution in [2.75, 3.05) is 12.4 Å². The minimum absolute atomic E-state index is 0.149. The number of amides is 1. The second-order valence-corrected chi connectivity index (χ2v) is 4.29. The molecule has 0 fully saturated rings. The van der Waals surface area contributed by atoms with Crippen LogP contribution in [0.1, 0.15) is 21.6 Å². The van der Waals surface area contributed by atoms with E-state index in [9.17, 15) is 9.18 Å². The molecule has 2 aromatic rings. The lowest BCUT2D eigenvalue weighted by molar-refractivity contribution is 0.102. The lowest BCUT2D eigenvalue weighted by Gasteiger charge is -2.08. The van der Waals surface area contributed by atoms with E-state index < -0.39 is 5.91 Å². The van der Waals surface area contributed by atoms with Gasteiger partial charge in [-0.3, -0.25) is 10.1 Å². The van der Waals surface area contributed by atoms with Gasteiger partial charge in [0, 0.05) is 17.3 Å². The summed E-state index contributed by atoms with van der Waals surface area (Å²) in [6, 6.07) is 5.61. The van der Waals surface area contributed by atoms with Crippen LogP contribution in [0.5, 0.6) is 5.88 Å². The number of ether oxygens (including phenoxy) is 1. The zero-order valence-electron chi connectivity index (χ0n) is 11.4. The fourth-order valence-electron chi connectivity index (χ4n) is 1.75. The van der Waals surface area contributed by atoms with Crippen molar-refractivity contribution < 1.29 is 13.9 Å². The molecule has 1 N–H and O–H groups in total. The third-order valence-electron chi connectivity index (χ3n) is 2.70. The number of methoxy groups -OCH3 is 1. The first-order valence-electron chi connectivity index (χ1n) is 5.97. The molecule has 5 nitrogen and oxygen atoms in total. The second kappa shape index (κ2) is 5.64. The maximum atomic E-state index is 13.0. The molecule has 0 saturated carbocycles. The molecule has 0 saturated heterocycles. The number of hydrogen-bond acceptors (Lipinski definition) is 4. The summed E-state index contributed by atoms with van der Waals surface area (Å²) in [7, 11) is 1.48. The number of carbonyl (C=O) groups excluding carboxylic acids is 1. The molecule has 0 radical (unpaired) electrons. The first kappa shape index (κ1) is 13.9. The van der Waals surface area contributed by atoms with Crippen LogP contribution in [0.2, 0.25) is 0 Å². The summed E-state index contributed by atoms with van der Waals surface area (Å²) in [6.45, 7) is 3.43. The highest BCUT2D eigenvalue weighted by molar-refractivity contribution is 6.04. The Morgan fingerprint density at radius 2 is 2.00 bits per heavy atom. The average Bonchev–Trinajstić information content (AvgIpc) is 2.37. The number of nitrogens with one attached hydrogen (secondary N) is 1. The zero-order chi connectivity index (χ0) is 14.7. The molecular formula is C14H14FN3O2. The maximum Gasteiger partial charge on any atom is 0.258 e. The standard InChI is InChI=1S/C14H14FN3O2/c1-8-6-10(15)4-5-11(8)13(19)18-14-16-9(2)7-12(17-14)20-3/h4-7H,1-3H3,(H,16,17,18,19). The van der Waals surface area contributed by atoms with E-state index in [-0.39, 0.29) is 11.8 Å². The molecule has 6 heteroatoms. The second-order valence-electron chi connectivity index (χ2n) is 4.29. The number of nitrogens with zero attached hydrogens (tertiary/aromatic N) is 2. The molecule has 0 spiro atoms. The highest BCUT2D eigenvalue weighted by Gasteiger charge is 2.12. The van der Waals surface area contributed by atoms with Crippen molar-refractivity contribution in [2.45, 2.75) is 13.8 Å². The predicted octanol–water partition coefficient (Wildman–Crippen LogP) is 2.49. The van der Waals surface area contributed by atoms with Crippen LogP contribution in [0.15, 0.2) is 24.3 Å². The number of aryl methyl sites for hydroxylation is 2. The van der Waals surface area contributed by atoms with Crippen molar-refractivity contribution in [2.24, 2.45) is 0 Å². The molecule has 1 aromatic carbocycles. The van der Waals surface area contributed by atoms with Crippen molar-refractivity contribution in [3.05, 3.63) is 46.9 Å². The van der Waals surface area contributed by atoms with Gasteiger partial charge < -0.3 is 4.74 Å². The molecule has 0 atom stereocenters. The molecule has 0 aliphatic carbocycles. The number of carbonyl (C=O) groups is 1. The van der Waals surface area contributed by atoms with E-state index in [1.54, 1.807) is 19.9 Å². The molecule has 0 bridgehead atoms. The van der Waals surface area contributed by atoms with E-state index in [0.717, 1.165) is 0 Å². The Bertz CT molecular complexity index is 659. The van der Waals surface area contributed by atoms with Crippen molar-refractivity contribution in [3.8, 4) is 5.88 Å². The number of rotatable bonds is 3. The first-order valence-corrected chi connectivity index (χ1v) is 5.97. The van der Waals surface area contributed by atoms with Crippen LogP contribution in [0.4, 0.5) is 10.3 Å². The lowest BCUT2D eigenvalue weighted by Crippen LogP contribution is -2.16. The van der Waals surface area contributed by atoms with Crippen LogP contribution >= 0.6 is 0 Å². The monoisotopic (exact) mass is 275 g/mol. The van der Waals surface area contributed by atoms with Crippen molar-refractivity contribution in [1.29, 1.82) is 0 Å². The Kier molecular flexibility index (Phi) is 3.93.